The number of rotatable bonds is 18. The Morgan fingerprint density at radius 1 is 0.912 bits per heavy atom. The number of likely N-dealkylation sites (tertiary alicyclic amines) is 1. The first-order valence-corrected chi connectivity index (χ1v) is 24.6. The minimum absolute atomic E-state index is 0.0119. The van der Waals surface area contributed by atoms with Gasteiger partial charge >= 0.3 is 0 Å². The van der Waals surface area contributed by atoms with Crippen molar-refractivity contribution >= 4 is 52.5 Å². The molecule has 0 radical (unpaired) electrons. The number of aliphatic hydroxyl groups is 1. The van der Waals surface area contributed by atoms with Crippen molar-refractivity contribution < 1.29 is 33.9 Å². The van der Waals surface area contributed by atoms with Crippen molar-refractivity contribution in [2.45, 2.75) is 148 Å². The quantitative estimate of drug-likeness (QED) is 0.0755. The lowest BCUT2D eigenvalue weighted by molar-refractivity contribution is -0.144. The van der Waals surface area contributed by atoms with Gasteiger partial charge in [-0.2, -0.15) is 0 Å². The fourth-order valence-electron chi connectivity index (χ4n) is 9.54. The van der Waals surface area contributed by atoms with E-state index in [2.05, 4.69) is 25.9 Å². The third kappa shape index (κ3) is 11.6. The number of amides is 6. The average Bonchev–Trinajstić information content (AvgIpc) is 4.02. The SMILES string of the molecule is Cc1ncsc1-c1ccc([C@H](C)NC(=O)[C@@H]2C[C@@H](O)CN2C(=O)[C@@H](NC(=O)CCCCCc2ccc([C@@H](CCC(N)=O)NC(=O)[C@@H]3Cc4cccc5c4N3C(=O)[C@@H](N)CC5)nc2)C(C)(C)C)cc1. The van der Waals surface area contributed by atoms with E-state index in [0.717, 1.165) is 56.9 Å². The number of para-hydroxylation sites is 1. The van der Waals surface area contributed by atoms with Crippen LogP contribution in [0.5, 0.6) is 0 Å². The molecule has 5 heterocycles. The van der Waals surface area contributed by atoms with Gasteiger partial charge in [-0.15, -0.1) is 11.3 Å². The molecular weight excluding hydrogens is 883 g/mol. The van der Waals surface area contributed by atoms with Crippen LogP contribution in [-0.4, -0.2) is 92.2 Å². The van der Waals surface area contributed by atoms with Crippen LogP contribution in [-0.2, 0) is 48.0 Å². The smallest absolute Gasteiger partial charge is 0.246 e. The molecule has 2 aromatic carbocycles. The molecule has 7 atom stereocenters. The first-order valence-electron chi connectivity index (χ1n) is 23.7. The van der Waals surface area contributed by atoms with Crippen LogP contribution >= 0.6 is 11.3 Å². The van der Waals surface area contributed by atoms with E-state index in [1.165, 1.54) is 4.90 Å². The molecule has 16 nitrogen and oxygen atoms in total. The van der Waals surface area contributed by atoms with E-state index in [1.807, 2.05) is 94.7 Å². The summed E-state index contributed by atoms with van der Waals surface area (Å²) in [5, 5.41) is 19.7. The monoisotopic (exact) mass is 947 g/mol. The maximum Gasteiger partial charge on any atom is 0.246 e. The van der Waals surface area contributed by atoms with Gasteiger partial charge in [-0.25, -0.2) is 4.98 Å². The van der Waals surface area contributed by atoms with Crippen LogP contribution in [0.2, 0.25) is 0 Å². The molecule has 1 fully saturated rings. The molecule has 0 saturated carbocycles. The van der Waals surface area contributed by atoms with E-state index in [4.69, 9.17) is 11.5 Å². The summed E-state index contributed by atoms with van der Waals surface area (Å²) in [7, 11) is 0. The van der Waals surface area contributed by atoms with Gasteiger partial charge in [0.15, 0.2) is 0 Å². The molecule has 17 heteroatoms. The highest BCUT2D eigenvalue weighted by molar-refractivity contribution is 7.13. The number of aromatic nitrogens is 2. The minimum Gasteiger partial charge on any atom is -0.391 e. The number of aryl methyl sites for hydroxylation is 3. The summed E-state index contributed by atoms with van der Waals surface area (Å²) >= 11 is 1.57. The largest absolute Gasteiger partial charge is 0.391 e. The standard InChI is InChI=1S/C51H65N9O7S/c1-29(32-15-17-34(18-16-32)45-30(2)55-28-68-45)56-47(64)40-25-36(61)27-59(40)50(67)46(51(3,4)5)58-43(63)13-8-6-7-10-31-14-21-38(54-26-31)39(22-23-42(53)62)57-48(65)41-24-35-12-9-11-33-19-20-37(52)49(66)60(41)44(33)35/h9,11-12,14-18,21,26,28-29,36-37,39-41,46,61H,6-8,10,13,19-20,22-25,27,52H2,1-5H3,(H2,53,62)(H,56,64)(H,57,65)(H,58,63)/t29-,36+,37-,39+,40-,41-,46+/m0/s1. The summed E-state index contributed by atoms with van der Waals surface area (Å²) in [6.07, 6.45) is 5.69. The van der Waals surface area contributed by atoms with Crippen molar-refractivity contribution in [2.24, 2.45) is 16.9 Å². The van der Waals surface area contributed by atoms with E-state index in [9.17, 15) is 33.9 Å². The van der Waals surface area contributed by atoms with Gasteiger partial charge in [0.25, 0.3) is 0 Å². The van der Waals surface area contributed by atoms with Crippen LogP contribution in [0.1, 0.15) is 125 Å². The Balaban J connectivity index is 0.890. The van der Waals surface area contributed by atoms with Crippen LogP contribution in [0.25, 0.3) is 10.4 Å². The first-order chi connectivity index (χ1) is 32.4. The highest BCUT2D eigenvalue weighted by atomic mass is 32.1. The van der Waals surface area contributed by atoms with Gasteiger partial charge in [0, 0.05) is 38.4 Å². The molecule has 362 valence electrons. The number of hydrogen-bond donors (Lipinski definition) is 6. The Kier molecular flexibility index (Phi) is 15.8. The topological polar surface area (TPSA) is 243 Å². The van der Waals surface area contributed by atoms with Crippen molar-refractivity contribution in [1.29, 1.82) is 0 Å². The zero-order valence-electron chi connectivity index (χ0n) is 39.6. The average molecular weight is 948 g/mol. The lowest BCUT2D eigenvalue weighted by atomic mass is 9.85. The van der Waals surface area contributed by atoms with Gasteiger partial charge in [0.1, 0.15) is 18.1 Å². The van der Waals surface area contributed by atoms with Gasteiger partial charge in [0.2, 0.25) is 35.4 Å². The van der Waals surface area contributed by atoms with Crippen LogP contribution in [0.4, 0.5) is 5.69 Å². The zero-order valence-corrected chi connectivity index (χ0v) is 40.4. The lowest BCUT2D eigenvalue weighted by Gasteiger charge is -2.35. The molecule has 68 heavy (non-hydrogen) atoms. The Morgan fingerprint density at radius 2 is 1.65 bits per heavy atom. The minimum atomic E-state index is -0.922. The van der Waals surface area contributed by atoms with Crippen LogP contribution in [0, 0.1) is 12.3 Å². The first kappa shape index (κ1) is 49.9. The molecule has 3 aliphatic heterocycles. The van der Waals surface area contributed by atoms with Crippen molar-refractivity contribution in [3.63, 3.8) is 0 Å². The number of unbranched alkanes of at least 4 members (excludes halogenated alkanes) is 2. The highest BCUT2D eigenvalue weighted by Gasteiger charge is 2.45. The number of hydrogen-bond acceptors (Lipinski definition) is 11. The number of nitrogens with one attached hydrogen (secondary N) is 3. The number of nitrogens with two attached hydrogens (primary N) is 2. The number of primary amides is 1. The van der Waals surface area contributed by atoms with Gasteiger partial charge in [-0.1, -0.05) is 75.7 Å². The normalized spacial score (nSPS) is 20.2. The number of pyridine rings is 1. The maximum atomic E-state index is 14.2. The number of thiazole rings is 1. The zero-order chi connectivity index (χ0) is 48.9. The maximum absolute atomic E-state index is 14.2. The molecule has 7 rings (SSSR count). The summed E-state index contributed by atoms with van der Waals surface area (Å²) in [4.78, 5) is 93.5. The third-order valence-corrected chi connectivity index (χ3v) is 14.4. The molecule has 4 aromatic rings. The number of aliphatic hydroxyl groups excluding tert-OH is 1. The van der Waals surface area contributed by atoms with E-state index in [0.29, 0.717) is 37.8 Å². The van der Waals surface area contributed by atoms with Gasteiger partial charge in [0.05, 0.1) is 51.7 Å². The summed E-state index contributed by atoms with van der Waals surface area (Å²) in [6, 6.07) is 13.2. The summed E-state index contributed by atoms with van der Waals surface area (Å²) in [6.45, 7) is 9.42. The summed E-state index contributed by atoms with van der Waals surface area (Å²) < 4.78 is 0. The van der Waals surface area contributed by atoms with E-state index in [-0.39, 0.29) is 61.9 Å². The molecule has 1 saturated heterocycles. The van der Waals surface area contributed by atoms with Crippen LogP contribution in [0.15, 0.2) is 66.3 Å². The van der Waals surface area contributed by atoms with Crippen molar-refractivity contribution in [2.75, 3.05) is 11.4 Å². The Morgan fingerprint density at radius 3 is 2.32 bits per heavy atom. The lowest BCUT2D eigenvalue weighted by Crippen LogP contribution is -2.57. The summed E-state index contributed by atoms with van der Waals surface area (Å²) in [5.41, 5.74) is 20.0. The predicted octanol–water partition coefficient (Wildman–Crippen LogP) is 4.64. The van der Waals surface area contributed by atoms with Crippen molar-refractivity contribution in [3.05, 3.63) is 99.9 Å². The number of β-amino-alcohol motifs (C(OH)–C–C–N with tert-alkyl or cyclic N) is 1. The molecular formula is C51H65N9O7S. The third-order valence-electron chi connectivity index (χ3n) is 13.4. The van der Waals surface area contributed by atoms with Gasteiger partial charge < -0.3 is 37.4 Å². The van der Waals surface area contributed by atoms with E-state index < -0.39 is 53.5 Å². The number of benzene rings is 2. The number of nitrogens with zero attached hydrogens (tertiary/aromatic N) is 4. The fourth-order valence-corrected chi connectivity index (χ4v) is 10.4. The summed E-state index contributed by atoms with van der Waals surface area (Å²) in [5.74, 6) is -2.19. The molecule has 0 bridgehead atoms. The fraction of sp³-hybridized carbons (Fsp3) is 0.490. The highest BCUT2D eigenvalue weighted by Crippen LogP contribution is 2.39. The molecule has 2 aromatic heterocycles. The molecule has 0 aliphatic carbocycles. The second kappa shape index (κ2) is 21.5. The van der Waals surface area contributed by atoms with Crippen molar-refractivity contribution in [1.82, 2.24) is 30.8 Å². The molecule has 6 amide bonds. The molecule has 0 unspecified atom stereocenters. The Bertz CT molecular complexity index is 2490. The van der Waals surface area contributed by atoms with Crippen LogP contribution < -0.4 is 32.3 Å². The predicted molar refractivity (Wildman–Crippen MR) is 260 cm³/mol. The Labute approximate surface area is 402 Å². The Hall–Kier alpha value is -6.04. The van der Waals surface area contributed by atoms with Gasteiger partial charge in [-0.3, -0.25) is 38.7 Å². The van der Waals surface area contributed by atoms with Crippen molar-refractivity contribution in [3.8, 4) is 10.4 Å². The number of carbonyl (C=O) groups is 6. The van der Waals surface area contributed by atoms with E-state index >= 15 is 0 Å². The number of anilines is 1. The molecule has 0 spiro atoms. The second-order valence-corrected chi connectivity index (χ2v) is 20.5. The van der Waals surface area contributed by atoms with Gasteiger partial charge in [-0.05, 0) is 91.7 Å². The molecule has 3 aliphatic rings. The number of carbonyl (C=O) groups excluding carboxylic acids is 6. The molecule has 8 N–H and O–H groups in total. The van der Waals surface area contributed by atoms with Crippen LogP contribution in [0.3, 0.4) is 0 Å². The van der Waals surface area contributed by atoms with E-state index in [1.54, 1.807) is 22.4 Å². The second-order valence-electron chi connectivity index (χ2n) is 19.6.